The van der Waals surface area contributed by atoms with Gasteiger partial charge in [-0.15, -0.1) is 0 Å². The number of hydrogen-bond donors (Lipinski definition) is 2. The number of anilines is 1. The molecule has 0 bridgehead atoms. The molecule has 0 aliphatic carbocycles. The van der Waals surface area contributed by atoms with Crippen molar-refractivity contribution in [3.05, 3.63) is 42.0 Å². The first-order chi connectivity index (χ1) is 7.47. The number of hydrogen-bond acceptors (Lipinski definition) is 2. The minimum absolute atomic E-state index is 0.0856. The summed E-state index contributed by atoms with van der Waals surface area (Å²) in [6.45, 7) is 0. The van der Waals surface area contributed by atoms with Gasteiger partial charge in [0.25, 0.3) is 0 Å². The van der Waals surface area contributed by atoms with Crippen molar-refractivity contribution in [2.24, 2.45) is 0 Å². The largest absolute Gasteiger partial charge is 0.478 e. The number of rotatable bonds is 3. The van der Waals surface area contributed by atoms with Crippen LogP contribution in [0, 0.1) is 11.6 Å². The summed E-state index contributed by atoms with van der Waals surface area (Å²) in [6.07, 6.45) is 1.36. The van der Waals surface area contributed by atoms with Crippen molar-refractivity contribution in [1.29, 1.82) is 0 Å². The standard InChI is InChI=1S/C10H7F2NO3/c11-6-3-7(12)5-8(4-6)13-9(14)1-2-10(15)16/h1-5H,(H,13,14)(H,15,16)/b2-1+. The lowest BCUT2D eigenvalue weighted by molar-refractivity contribution is -0.131. The minimum atomic E-state index is -1.29. The van der Waals surface area contributed by atoms with Gasteiger partial charge in [0, 0.05) is 23.9 Å². The number of nitrogens with one attached hydrogen (secondary N) is 1. The summed E-state index contributed by atoms with van der Waals surface area (Å²) >= 11 is 0. The van der Waals surface area contributed by atoms with Gasteiger partial charge in [0.05, 0.1) is 0 Å². The summed E-state index contributed by atoms with van der Waals surface area (Å²) in [5, 5.41) is 10.3. The Morgan fingerprint density at radius 3 is 2.19 bits per heavy atom. The lowest BCUT2D eigenvalue weighted by atomic mass is 10.3. The molecule has 0 atom stereocenters. The number of carboxylic acid groups (broad SMARTS) is 1. The van der Waals surface area contributed by atoms with E-state index in [9.17, 15) is 18.4 Å². The van der Waals surface area contributed by atoms with Crippen LogP contribution in [-0.4, -0.2) is 17.0 Å². The summed E-state index contributed by atoms with van der Waals surface area (Å²) < 4.78 is 25.4. The Hall–Kier alpha value is -2.24. The number of aliphatic carboxylic acids is 1. The summed E-state index contributed by atoms with van der Waals surface area (Å²) in [5.74, 6) is -3.75. The highest BCUT2D eigenvalue weighted by Crippen LogP contribution is 2.12. The second kappa shape index (κ2) is 5.01. The fraction of sp³-hybridized carbons (Fsp3) is 0. The third-order valence-electron chi connectivity index (χ3n) is 1.51. The van der Waals surface area contributed by atoms with E-state index in [0.29, 0.717) is 12.1 Å². The molecule has 0 aromatic heterocycles. The molecular weight excluding hydrogens is 220 g/mol. The molecule has 1 rings (SSSR count). The van der Waals surface area contributed by atoms with Gasteiger partial charge in [-0.1, -0.05) is 0 Å². The maximum Gasteiger partial charge on any atom is 0.328 e. The molecule has 1 aromatic rings. The molecule has 0 aliphatic rings. The predicted molar refractivity (Wildman–Crippen MR) is 51.8 cm³/mol. The molecule has 16 heavy (non-hydrogen) atoms. The molecule has 4 nitrogen and oxygen atoms in total. The van der Waals surface area contributed by atoms with Crippen LogP contribution in [0.1, 0.15) is 0 Å². The smallest absolute Gasteiger partial charge is 0.328 e. The highest BCUT2D eigenvalue weighted by atomic mass is 19.1. The molecule has 0 aliphatic heterocycles. The van der Waals surface area contributed by atoms with Crippen molar-refractivity contribution in [3.8, 4) is 0 Å². The first kappa shape index (κ1) is 11.8. The normalized spacial score (nSPS) is 10.4. The zero-order valence-electron chi connectivity index (χ0n) is 7.91. The van der Waals surface area contributed by atoms with E-state index >= 15 is 0 Å². The second-order valence-electron chi connectivity index (χ2n) is 2.82. The van der Waals surface area contributed by atoms with Crippen LogP contribution in [0.3, 0.4) is 0 Å². The van der Waals surface area contributed by atoms with E-state index in [-0.39, 0.29) is 5.69 Å². The van der Waals surface area contributed by atoms with E-state index in [1.165, 1.54) is 0 Å². The third kappa shape index (κ3) is 3.87. The van der Waals surface area contributed by atoms with Crippen molar-refractivity contribution in [1.82, 2.24) is 0 Å². The molecular formula is C10H7F2NO3. The van der Waals surface area contributed by atoms with Gasteiger partial charge in [0.15, 0.2) is 0 Å². The Morgan fingerprint density at radius 1 is 1.12 bits per heavy atom. The van der Waals surface area contributed by atoms with Gasteiger partial charge in [-0.05, 0) is 12.1 Å². The Balaban J connectivity index is 2.73. The number of carbonyl (C=O) groups excluding carboxylic acids is 1. The van der Waals surface area contributed by atoms with Gasteiger partial charge in [0.2, 0.25) is 5.91 Å². The first-order valence-corrected chi connectivity index (χ1v) is 4.15. The Kier molecular flexibility index (Phi) is 3.71. The molecule has 0 saturated carbocycles. The Bertz CT molecular complexity index is 437. The zero-order valence-corrected chi connectivity index (χ0v) is 7.91. The van der Waals surface area contributed by atoms with Crippen LogP contribution in [0.25, 0.3) is 0 Å². The van der Waals surface area contributed by atoms with Gasteiger partial charge in [-0.25, -0.2) is 13.6 Å². The van der Waals surface area contributed by atoms with E-state index in [1.807, 2.05) is 0 Å². The molecule has 1 amide bonds. The first-order valence-electron chi connectivity index (χ1n) is 4.15. The number of carboxylic acids is 1. The molecule has 6 heteroatoms. The second-order valence-corrected chi connectivity index (χ2v) is 2.82. The molecule has 0 heterocycles. The lowest BCUT2D eigenvalue weighted by Gasteiger charge is -2.01. The average Bonchev–Trinajstić information content (AvgIpc) is 2.12. The van der Waals surface area contributed by atoms with Gasteiger partial charge < -0.3 is 10.4 Å². The van der Waals surface area contributed by atoms with Crippen molar-refractivity contribution < 1.29 is 23.5 Å². The lowest BCUT2D eigenvalue weighted by Crippen LogP contribution is -2.09. The Morgan fingerprint density at radius 2 is 1.69 bits per heavy atom. The molecule has 0 spiro atoms. The summed E-state index contributed by atoms with van der Waals surface area (Å²) in [6, 6.07) is 2.48. The highest BCUT2D eigenvalue weighted by molar-refractivity contribution is 6.02. The van der Waals surface area contributed by atoms with Crippen LogP contribution in [0.5, 0.6) is 0 Å². The average molecular weight is 227 g/mol. The summed E-state index contributed by atoms with van der Waals surface area (Å²) in [4.78, 5) is 21.1. The molecule has 1 aromatic carbocycles. The van der Waals surface area contributed by atoms with Crippen LogP contribution in [0.4, 0.5) is 14.5 Å². The summed E-state index contributed by atoms with van der Waals surface area (Å²) in [5.41, 5.74) is -0.0856. The van der Waals surface area contributed by atoms with Crippen LogP contribution in [0.2, 0.25) is 0 Å². The molecule has 2 N–H and O–H groups in total. The monoisotopic (exact) mass is 227 g/mol. The number of benzene rings is 1. The van der Waals surface area contributed by atoms with Crippen LogP contribution in [0.15, 0.2) is 30.4 Å². The van der Waals surface area contributed by atoms with Gasteiger partial charge in [-0.3, -0.25) is 4.79 Å². The minimum Gasteiger partial charge on any atom is -0.478 e. The SMILES string of the molecule is O=C(O)/C=C/C(=O)Nc1cc(F)cc(F)c1. The maximum absolute atomic E-state index is 12.7. The van der Waals surface area contributed by atoms with Crippen LogP contribution in [-0.2, 0) is 9.59 Å². The quantitative estimate of drug-likeness (QED) is 0.770. The van der Waals surface area contributed by atoms with Crippen molar-refractivity contribution in [2.45, 2.75) is 0 Å². The van der Waals surface area contributed by atoms with E-state index < -0.39 is 23.5 Å². The zero-order chi connectivity index (χ0) is 12.1. The maximum atomic E-state index is 12.7. The Labute approximate surface area is 89.2 Å². The predicted octanol–water partition coefficient (Wildman–Crippen LogP) is 1.54. The van der Waals surface area contributed by atoms with Crippen molar-refractivity contribution in [3.63, 3.8) is 0 Å². The van der Waals surface area contributed by atoms with Crippen molar-refractivity contribution >= 4 is 17.6 Å². The fourth-order valence-corrected chi connectivity index (χ4v) is 0.957. The molecule has 0 saturated heterocycles. The fourth-order valence-electron chi connectivity index (χ4n) is 0.957. The van der Waals surface area contributed by atoms with E-state index in [4.69, 9.17) is 5.11 Å². The number of amides is 1. The van der Waals surface area contributed by atoms with E-state index in [2.05, 4.69) is 5.32 Å². The van der Waals surface area contributed by atoms with Gasteiger partial charge in [0.1, 0.15) is 11.6 Å². The van der Waals surface area contributed by atoms with Crippen LogP contribution < -0.4 is 5.32 Å². The third-order valence-corrected chi connectivity index (χ3v) is 1.51. The van der Waals surface area contributed by atoms with Gasteiger partial charge in [-0.2, -0.15) is 0 Å². The topological polar surface area (TPSA) is 66.4 Å². The molecule has 0 unspecified atom stereocenters. The van der Waals surface area contributed by atoms with E-state index in [0.717, 1.165) is 18.2 Å². The number of halogens is 2. The molecule has 84 valence electrons. The molecule has 0 fully saturated rings. The van der Waals surface area contributed by atoms with E-state index in [1.54, 1.807) is 0 Å². The highest BCUT2D eigenvalue weighted by Gasteiger charge is 2.03. The van der Waals surface area contributed by atoms with Crippen molar-refractivity contribution in [2.75, 3.05) is 5.32 Å². The number of carbonyl (C=O) groups is 2. The molecule has 0 radical (unpaired) electrons. The van der Waals surface area contributed by atoms with Crippen LogP contribution >= 0.6 is 0 Å². The van der Waals surface area contributed by atoms with Gasteiger partial charge >= 0.3 is 5.97 Å². The summed E-state index contributed by atoms with van der Waals surface area (Å²) in [7, 11) is 0.